The molecule has 0 aliphatic carbocycles. The van der Waals surface area contributed by atoms with Crippen molar-refractivity contribution >= 4 is 38.6 Å². The van der Waals surface area contributed by atoms with Crippen LogP contribution in [0.3, 0.4) is 0 Å². The predicted octanol–water partition coefficient (Wildman–Crippen LogP) is 3.24. The van der Waals surface area contributed by atoms with E-state index in [2.05, 4.69) is 15.9 Å². The van der Waals surface area contributed by atoms with E-state index in [0.717, 1.165) is 16.1 Å². The van der Waals surface area contributed by atoms with Crippen molar-refractivity contribution in [3.05, 3.63) is 79.0 Å². The normalized spacial score (nSPS) is 11.0. The van der Waals surface area contributed by atoms with Gasteiger partial charge in [0, 0.05) is 10.5 Å². The molecule has 1 heterocycles. The molecule has 0 unspecified atom stereocenters. The van der Waals surface area contributed by atoms with E-state index in [-0.39, 0.29) is 16.8 Å². The predicted molar refractivity (Wildman–Crippen MR) is 85.4 cm³/mol. The van der Waals surface area contributed by atoms with Crippen molar-refractivity contribution in [3.8, 4) is 0 Å². The summed E-state index contributed by atoms with van der Waals surface area (Å²) in [6.07, 6.45) is 0. The molecular weight excluding hydrogens is 375 g/mol. The highest BCUT2D eigenvalue weighted by Crippen LogP contribution is 2.16. The molecule has 0 bridgehead atoms. The van der Waals surface area contributed by atoms with Crippen molar-refractivity contribution in [1.29, 1.82) is 0 Å². The first-order valence-electron chi connectivity index (χ1n) is 6.33. The highest BCUT2D eigenvalue weighted by Gasteiger charge is 2.19. The summed E-state index contributed by atoms with van der Waals surface area (Å²) in [7, 11) is 0. The number of aromatic nitrogens is 2. The molecule has 0 atom stereocenters. The Bertz CT molecular complexity index is 925. The van der Waals surface area contributed by atoms with Crippen LogP contribution >= 0.6 is 27.5 Å². The van der Waals surface area contributed by atoms with E-state index in [1.807, 2.05) is 24.3 Å². The van der Waals surface area contributed by atoms with E-state index in [9.17, 15) is 14.4 Å². The second-order valence-corrected chi connectivity index (χ2v) is 6.01. The molecule has 0 radical (unpaired) electrons. The number of rotatable bonds is 2. The van der Waals surface area contributed by atoms with Crippen LogP contribution in [0.5, 0.6) is 0 Å². The number of hydrogen-bond acceptors (Lipinski definition) is 2. The molecule has 7 heteroatoms. The van der Waals surface area contributed by atoms with Gasteiger partial charge in [0.2, 0.25) is 5.52 Å². The van der Waals surface area contributed by atoms with Crippen LogP contribution in [0.1, 0.15) is 5.56 Å². The highest BCUT2D eigenvalue weighted by atomic mass is 79.9. The van der Waals surface area contributed by atoms with Gasteiger partial charge in [-0.3, -0.25) is 9.36 Å². The largest absolute Gasteiger partial charge is 0.617 e. The fraction of sp³-hybridized carbons (Fsp3) is 0.0667. The van der Waals surface area contributed by atoms with Gasteiger partial charge < -0.3 is 5.21 Å². The summed E-state index contributed by atoms with van der Waals surface area (Å²) in [5, 5.41) is 11.4. The molecule has 0 saturated carbocycles. The van der Waals surface area contributed by atoms with Crippen LogP contribution in [0, 0.1) is 11.0 Å². The van der Waals surface area contributed by atoms with Gasteiger partial charge >= 0.3 is 10.7 Å². The van der Waals surface area contributed by atoms with Crippen molar-refractivity contribution < 1.29 is 9.12 Å². The van der Waals surface area contributed by atoms with Crippen molar-refractivity contribution in [3.63, 3.8) is 0 Å². The first-order chi connectivity index (χ1) is 10.5. The Morgan fingerprint density at radius 2 is 1.91 bits per heavy atom. The van der Waals surface area contributed by atoms with Gasteiger partial charge in [0.15, 0.2) is 0 Å². The van der Waals surface area contributed by atoms with Crippen LogP contribution in [-0.4, -0.2) is 4.57 Å². The van der Waals surface area contributed by atoms with Crippen LogP contribution in [0.25, 0.3) is 11.0 Å². The van der Waals surface area contributed by atoms with Gasteiger partial charge in [-0.25, -0.2) is 4.39 Å². The van der Waals surface area contributed by atoms with Crippen LogP contribution in [0.4, 0.5) is 4.39 Å². The number of hydrogen-bond donors (Lipinski definition) is 0. The van der Waals surface area contributed by atoms with Crippen LogP contribution < -0.4 is 10.3 Å². The summed E-state index contributed by atoms with van der Waals surface area (Å²) in [5.41, 5.74) is 0.588. The third-order valence-electron chi connectivity index (χ3n) is 3.30. The van der Waals surface area contributed by atoms with Crippen molar-refractivity contribution in [2.45, 2.75) is 6.54 Å². The molecule has 0 aliphatic rings. The molecule has 3 rings (SSSR count). The summed E-state index contributed by atoms with van der Waals surface area (Å²) < 4.78 is 15.9. The molecule has 0 N–H and O–H groups in total. The third kappa shape index (κ3) is 2.60. The molecule has 2 aromatic carbocycles. The van der Waals surface area contributed by atoms with Crippen molar-refractivity contribution in [1.82, 2.24) is 4.57 Å². The van der Waals surface area contributed by atoms with Crippen molar-refractivity contribution in [2.75, 3.05) is 0 Å². The molecule has 0 spiro atoms. The highest BCUT2D eigenvalue weighted by molar-refractivity contribution is 9.10. The van der Waals surface area contributed by atoms with E-state index >= 15 is 0 Å². The number of benzene rings is 2. The van der Waals surface area contributed by atoms with Crippen LogP contribution in [-0.2, 0) is 6.54 Å². The maximum Gasteiger partial charge on any atom is 0.353 e. The second-order valence-electron chi connectivity index (χ2n) is 4.74. The molecule has 4 nitrogen and oxygen atoms in total. The van der Waals surface area contributed by atoms with E-state index in [0.29, 0.717) is 5.52 Å². The van der Waals surface area contributed by atoms with Crippen molar-refractivity contribution in [2.24, 2.45) is 0 Å². The second kappa shape index (κ2) is 5.70. The van der Waals surface area contributed by atoms with Gasteiger partial charge in [-0.05, 0) is 41.4 Å². The summed E-state index contributed by atoms with van der Waals surface area (Å²) in [6.45, 7) is 0.231. The lowest BCUT2D eigenvalue weighted by Gasteiger charge is -2.11. The van der Waals surface area contributed by atoms with Gasteiger partial charge in [0.05, 0.1) is 6.54 Å². The molecule has 0 saturated heterocycles. The summed E-state index contributed by atoms with van der Waals surface area (Å²) >= 11 is 9.13. The van der Waals surface area contributed by atoms with Crippen LogP contribution in [0.2, 0.25) is 5.15 Å². The number of halogens is 3. The number of fused-ring (bicyclic) bond motifs is 1. The lowest BCUT2D eigenvalue weighted by atomic mass is 10.2. The zero-order chi connectivity index (χ0) is 15.9. The number of nitrogens with zero attached hydrogens (tertiary/aromatic N) is 2. The Hall–Kier alpha value is -1.92. The first kappa shape index (κ1) is 15.0. The Morgan fingerprint density at radius 1 is 1.23 bits per heavy atom. The summed E-state index contributed by atoms with van der Waals surface area (Å²) in [6, 6.07) is 11.0. The average Bonchev–Trinajstić information content (AvgIpc) is 2.51. The van der Waals surface area contributed by atoms with Gasteiger partial charge in [-0.2, -0.15) is 0 Å². The molecule has 0 aliphatic heterocycles. The minimum Gasteiger partial charge on any atom is -0.617 e. The standard InChI is InChI=1S/C15H9BrClFN2O2/c16-10-3-1-9(2-4-10)8-19-12-6-5-11(18)7-13(12)20(22)14(17)15(19)21/h1-7H,8H2. The molecule has 0 fully saturated rings. The molecule has 112 valence electrons. The smallest absolute Gasteiger partial charge is 0.353 e. The van der Waals surface area contributed by atoms with E-state index in [1.54, 1.807) is 0 Å². The zero-order valence-corrected chi connectivity index (χ0v) is 13.4. The monoisotopic (exact) mass is 382 g/mol. The molecule has 22 heavy (non-hydrogen) atoms. The maximum atomic E-state index is 13.4. The quantitative estimate of drug-likeness (QED) is 0.504. The Kier molecular flexibility index (Phi) is 3.88. The molecular formula is C15H9BrClFN2O2. The SMILES string of the molecule is O=c1c(Cl)[n+]([O-])c2cc(F)ccc2n1Cc1ccc(Br)cc1. The minimum absolute atomic E-state index is 0.0155. The summed E-state index contributed by atoms with van der Waals surface area (Å²) in [4.78, 5) is 12.3. The third-order valence-corrected chi connectivity index (χ3v) is 4.14. The molecule has 1 aromatic heterocycles. The van der Waals surface area contributed by atoms with E-state index in [4.69, 9.17) is 11.6 Å². The fourth-order valence-electron chi connectivity index (χ4n) is 2.23. The lowest BCUT2D eigenvalue weighted by molar-refractivity contribution is -0.576. The molecule has 3 aromatic rings. The van der Waals surface area contributed by atoms with E-state index in [1.165, 1.54) is 16.7 Å². The Balaban J connectivity index is 2.24. The maximum absolute atomic E-state index is 13.4. The van der Waals surface area contributed by atoms with Gasteiger partial charge in [0.25, 0.3) is 0 Å². The van der Waals surface area contributed by atoms with E-state index < -0.39 is 16.5 Å². The first-order valence-corrected chi connectivity index (χ1v) is 7.50. The van der Waals surface area contributed by atoms with Crippen LogP contribution in [0.15, 0.2) is 51.7 Å². The topological polar surface area (TPSA) is 48.9 Å². The lowest BCUT2D eigenvalue weighted by Crippen LogP contribution is -2.39. The summed E-state index contributed by atoms with van der Waals surface area (Å²) in [5.74, 6) is -0.568. The Labute approximate surface area is 138 Å². The average molecular weight is 384 g/mol. The van der Waals surface area contributed by atoms with Gasteiger partial charge in [0.1, 0.15) is 11.3 Å². The fourth-order valence-corrected chi connectivity index (χ4v) is 2.69. The minimum atomic E-state index is -0.612. The zero-order valence-electron chi connectivity index (χ0n) is 11.1. The van der Waals surface area contributed by atoms with Gasteiger partial charge in [-0.15, -0.1) is 4.73 Å². The van der Waals surface area contributed by atoms with Gasteiger partial charge in [-0.1, -0.05) is 28.1 Å². The Morgan fingerprint density at radius 3 is 2.59 bits per heavy atom. The molecule has 0 amide bonds.